The number of anilines is 1. The third-order valence-corrected chi connectivity index (χ3v) is 8.31. The molecule has 14 nitrogen and oxygen atoms in total. The quantitative estimate of drug-likeness (QED) is 0.0370. The molecule has 19 heteroatoms. The minimum Gasteiger partial charge on any atom is -0.438 e. The summed E-state index contributed by atoms with van der Waals surface area (Å²) in [5.41, 5.74) is 1.65. The van der Waals surface area contributed by atoms with Gasteiger partial charge in [0.05, 0.1) is 19.8 Å². The number of amides is 2. The lowest BCUT2D eigenvalue weighted by Gasteiger charge is -2.28. The van der Waals surface area contributed by atoms with E-state index < -0.39 is 59.8 Å². The summed E-state index contributed by atoms with van der Waals surface area (Å²) in [6.45, 7) is 10.9. The van der Waals surface area contributed by atoms with Gasteiger partial charge in [-0.2, -0.15) is 8.78 Å². The van der Waals surface area contributed by atoms with E-state index in [-0.39, 0.29) is 28.4 Å². The second kappa shape index (κ2) is 19.6. The first-order valence-corrected chi connectivity index (χ1v) is 17.7. The summed E-state index contributed by atoms with van der Waals surface area (Å²) in [7, 11) is 3.07. The van der Waals surface area contributed by atoms with Gasteiger partial charge in [0.25, 0.3) is 0 Å². The number of rotatable bonds is 17. The first-order chi connectivity index (χ1) is 27.3. The number of hydrogen-bond donors (Lipinski definition) is 1. The summed E-state index contributed by atoms with van der Waals surface area (Å²) in [6.07, 6.45) is -3.19. The molecule has 0 bridgehead atoms. The molecule has 0 aliphatic carbocycles. The standard InChI is InChI=1S/C39H43F5N6O8/c1-22(57-36(52)50(6)26-14-10-24(11-15-26)18-56-37(53)58-33-31(43)29(41)28(40)30(42)32(33)44)34-46-48-35(49-47-34)25-12-8-23(9-13-25)17-45-27(51)16-38(2,3)20-55-21-39(4,5)19-54-7/h8-15,22H,16-21H2,1-7H3,(H,45,51). The molecule has 0 aliphatic rings. The third-order valence-electron chi connectivity index (χ3n) is 8.31. The van der Waals surface area contributed by atoms with Crippen LogP contribution in [0.2, 0.25) is 0 Å². The molecule has 1 unspecified atom stereocenters. The molecule has 2 amide bonds. The normalized spacial score (nSPS) is 12.1. The van der Waals surface area contributed by atoms with Crippen molar-refractivity contribution in [3.63, 3.8) is 0 Å². The van der Waals surface area contributed by atoms with E-state index in [1.165, 1.54) is 38.2 Å². The van der Waals surface area contributed by atoms with E-state index in [0.717, 1.165) is 10.5 Å². The molecule has 4 rings (SSSR count). The van der Waals surface area contributed by atoms with Crippen LogP contribution >= 0.6 is 0 Å². The summed E-state index contributed by atoms with van der Waals surface area (Å²) in [5, 5.41) is 19.3. The first kappa shape index (κ1) is 44.9. The van der Waals surface area contributed by atoms with Gasteiger partial charge in [-0.25, -0.2) is 22.8 Å². The highest BCUT2D eigenvalue weighted by molar-refractivity contribution is 5.87. The Morgan fingerprint density at radius 1 is 0.759 bits per heavy atom. The number of hydrogen-bond acceptors (Lipinski definition) is 12. The SMILES string of the molecule is COCC(C)(C)COCC(C)(C)CC(=O)NCc1ccc(-c2nnc(C(C)OC(=O)N(C)c3ccc(COC(=O)Oc4c(F)c(F)c(F)c(F)c4F)cc3)nn2)cc1. The second-order valence-electron chi connectivity index (χ2n) is 14.8. The Labute approximate surface area is 331 Å². The number of carbonyl (C=O) groups excluding carboxylic acids is 3. The van der Waals surface area contributed by atoms with Crippen LogP contribution in [-0.4, -0.2) is 72.5 Å². The highest BCUT2D eigenvalue weighted by Crippen LogP contribution is 2.30. The Morgan fingerprint density at radius 2 is 1.31 bits per heavy atom. The molecule has 0 saturated carbocycles. The number of methoxy groups -OCH3 is 1. The molecule has 1 heterocycles. The molecular formula is C39H43F5N6O8. The fourth-order valence-corrected chi connectivity index (χ4v) is 5.21. The molecule has 0 radical (unpaired) electrons. The van der Waals surface area contributed by atoms with Gasteiger partial charge in [0.1, 0.15) is 6.61 Å². The highest BCUT2D eigenvalue weighted by atomic mass is 19.2. The van der Waals surface area contributed by atoms with E-state index in [1.807, 2.05) is 26.0 Å². The molecule has 1 N–H and O–H groups in total. The van der Waals surface area contributed by atoms with Crippen LogP contribution in [0.25, 0.3) is 11.4 Å². The molecule has 4 aromatic rings. The molecule has 0 saturated heterocycles. The van der Waals surface area contributed by atoms with E-state index >= 15 is 0 Å². The molecule has 0 aliphatic heterocycles. The van der Waals surface area contributed by atoms with Gasteiger partial charge in [-0.1, -0.05) is 64.1 Å². The molecule has 0 fully saturated rings. The zero-order valence-electron chi connectivity index (χ0n) is 32.8. The van der Waals surface area contributed by atoms with E-state index in [4.69, 9.17) is 18.9 Å². The average molecular weight is 819 g/mol. The smallest absolute Gasteiger partial charge is 0.438 e. The van der Waals surface area contributed by atoms with Crippen molar-refractivity contribution in [1.82, 2.24) is 25.7 Å². The van der Waals surface area contributed by atoms with Crippen LogP contribution in [0.4, 0.5) is 37.2 Å². The maximum absolute atomic E-state index is 13.8. The van der Waals surface area contributed by atoms with E-state index in [1.54, 1.807) is 19.2 Å². The Hall–Kier alpha value is -5.82. The third kappa shape index (κ3) is 12.3. The number of ether oxygens (including phenoxy) is 5. The Bertz CT molecular complexity index is 2030. The van der Waals surface area contributed by atoms with Gasteiger partial charge in [0.2, 0.25) is 52.4 Å². The number of aromatic nitrogens is 4. The Kier molecular flexibility index (Phi) is 15.1. The number of nitrogens with zero attached hydrogens (tertiary/aromatic N) is 5. The number of carbonyl (C=O) groups is 3. The minimum atomic E-state index is -2.41. The Balaban J connectivity index is 1.22. The zero-order valence-corrected chi connectivity index (χ0v) is 32.8. The van der Waals surface area contributed by atoms with Crippen LogP contribution in [0.15, 0.2) is 48.5 Å². The van der Waals surface area contributed by atoms with Gasteiger partial charge in [-0.15, -0.1) is 20.4 Å². The fraction of sp³-hybridized carbons (Fsp3) is 0.410. The van der Waals surface area contributed by atoms with Gasteiger partial charge in [0.15, 0.2) is 6.10 Å². The topological polar surface area (TPSA) is 164 Å². The fourth-order valence-electron chi connectivity index (χ4n) is 5.21. The van der Waals surface area contributed by atoms with E-state index in [2.05, 4.69) is 44.3 Å². The monoisotopic (exact) mass is 818 g/mol. The molecule has 1 aromatic heterocycles. The summed E-state index contributed by atoms with van der Waals surface area (Å²) >= 11 is 0. The average Bonchev–Trinajstić information content (AvgIpc) is 3.19. The van der Waals surface area contributed by atoms with E-state index in [0.29, 0.717) is 49.6 Å². The van der Waals surface area contributed by atoms with Crippen LogP contribution in [0.1, 0.15) is 64.1 Å². The molecule has 1 atom stereocenters. The van der Waals surface area contributed by atoms with Gasteiger partial charge in [-0.3, -0.25) is 9.69 Å². The van der Waals surface area contributed by atoms with Crippen LogP contribution < -0.4 is 15.0 Å². The molecule has 312 valence electrons. The first-order valence-electron chi connectivity index (χ1n) is 17.7. The number of nitrogens with one attached hydrogen (secondary N) is 1. The van der Waals surface area contributed by atoms with Crippen LogP contribution in [0.3, 0.4) is 0 Å². The van der Waals surface area contributed by atoms with Crippen molar-refractivity contribution >= 4 is 23.8 Å². The molecular weight excluding hydrogens is 775 g/mol. The van der Waals surface area contributed by atoms with Crippen molar-refractivity contribution in [3.05, 3.63) is 94.6 Å². The molecule has 58 heavy (non-hydrogen) atoms. The summed E-state index contributed by atoms with van der Waals surface area (Å²) in [6, 6.07) is 12.9. The van der Waals surface area contributed by atoms with Crippen LogP contribution in [0, 0.1) is 39.9 Å². The highest BCUT2D eigenvalue weighted by Gasteiger charge is 2.29. The summed E-state index contributed by atoms with van der Waals surface area (Å²) in [4.78, 5) is 38.6. The summed E-state index contributed by atoms with van der Waals surface area (Å²) in [5.74, 6) is -13.3. The predicted octanol–water partition coefficient (Wildman–Crippen LogP) is 7.40. The van der Waals surface area contributed by atoms with Crippen molar-refractivity contribution in [2.75, 3.05) is 38.9 Å². The van der Waals surface area contributed by atoms with Crippen molar-refractivity contribution in [3.8, 4) is 17.1 Å². The van der Waals surface area contributed by atoms with Crippen molar-refractivity contribution < 1.29 is 60.0 Å². The van der Waals surface area contributed by atoms with E-state index in [9.17, 15) is 36.3 Å². The number of halogens is 5. The lowest BCUT2D eigenvalue weighted by atomic mass is 9.89. The largest absolute Gasteiger partial charge is 0.514 e. The minimum absolute atomic E-state index is 0.0297. The molecule has 3 aromatic carbocycles. The van der Waals surface area contributed by atoms with Gasteiger partial charge < -0.3 is 29.0 Å². The van der Waals surface area contributed by atoms with Crippen molar-refractivity contribution in [2.24, 2.45) is 10.8 Å². The predicted molar refractivity (Wildman–Crippen MR) is 197 cm³/mol. The van der Waals surface area contributed by atoms with Crippen LogP contribution in [-0.2, 0) is 36.9 Å². The maximum atomic E-state index is 13.8. The second-order valence-corrected chi connectivity index (χ2v) is 14.8. The Morgan fingerprint density at radius 3 is 1.90 bits per heavy atom. The van der Waals surface area contributed by atoms with Crippen LogP contribution in [0.5, 0.6) is 5.75 Å². The van der Waals surface area contributed by atoms with Gasteiger partial charge >= 0.3 is 12.2 Å². The van der Waals surface area contributed by atoms with Gasteiger partial charge in [-0.05, 0) is 35.6 Å². The van der Waals surface area contributed by atoms with Crippen molar-refractivity contribution in [1.29, 1.82) is 0 Å². The zero-order chi connectivity index (χ0) is 42.8. The lowest BCUT2D eigenvalue weighted by Crippen LogP contribution is -2.33. The number of benzene rings is 3. The molecule has 0 spiro atoms. The summed E-state index contributed by atoms with van der Waals surface area (Å²) < 4.78 is 92.9. The lowest BCUT2D eigenvalue weighted by molar-refractivity contribution is -0.124. The van der Waals surface area contributed by atoms with Gasteiger partial charge in [0, 0.05) is 43.8 Å². The maximum Gasteiger partial charge on any atom is 0.514 e. The van der Waals surface area contributed by atoms with Crippen molar-refractivity contribution in [2.45, 2.75) is 60.3 Å².